The Morgan fingerprint density at radius 3 is 2.31 bits per heavy atom. The molecular formula is C36H34Br2N4O3. The Labute approximate surface area is 279 Å². The normalized spacial score (nSPS) is 12.1. The fourth-order valence-corrected chi connectivity index (χ4v) is 7.25. The second-order valence-corrected chi connectivity index (χ2v) is 12.8. The van der Waals surface area contributed by atoms with Crippen molar-refractivity contribution in [2.45, 2.75) is 46.3 Å². The first-order valence-electron chi connectivity index (χ1n) is 15.1. The largest absolute Gasteiger partial charge is 0.472 e. The van der Waals surface area contributed by atoms with E-state index in [1.165, 1.54) is 0 Å². The van der Waals surface area contributed by atoms with Crippen molar-refractivity contribution in [3.8, 4) is 17.1 Å². The van der Waals surface area contributed by atoms with Gasteiger partial charge >= 0.3 is 5.97 Å². The molecule has 0 saturated carbocycles. The molecule has 9 heteroatoms. The van der Waals surface area contributed by atoms with Crippen molar-refractivity contribution in [1.82, 2.24) is 19.1 Å². The molecule has 0 aliphatic carbocycles. The SMILES string of the molecule is CCCc1nc2c(C)cc(-c3nc4ccccc4n3C)cc2n1Cc1cc(Br)c(OC(C(=O)OCC)c2ccccc2)c(Br)c1. The first-order chi connectivity index (χ1) is 21.8. The average molecular weight is 731 g/mol. The Balaban J connectivity index is 1.39. The quantitative estimate of drug-likeness (QED) is 0.132. The third kappa shape index (κ3) is 6.16. The van der Waals surface area contributed by atoms with Gasteiger partial charge in [0, 0.05) is 31.1 Å². The maximum absolute atomic E-state index is 12.9. The highest BCUT2D eigenvalue weighted by Gasteiger charge is 2.26. The molecule has 2 heterocycles. The number of hydrogen-bond acceptors (Lipinski definition) is 5. The summed E-state index contributed by atoms with van der Waals surface area (Å²) in [6, 6.07) is 26.1. The number of fused-ring (bicyclic) bond motifs is 2. The van der Waals surface area contributed by atoms with Gasteiger partial charge in [0.1, 0.15) is 17.4 Å². The summed E-state index contributed by atoms with van der Waals surface area (Å²) in [6.45, 7) is 6.95. The van der Waals surface area contributed by atoms with Crippen LogP contribution in [0.3, 0.4) is 0 Å². The first kappa shape index (κ1) is 31.0. The highest BCUT2D eigenvalue weighted by molar-refractivity contribution is 9.11. The standard InChI is InChI=1S/C36H34Br2N4O3/c1-5-12-31-40-32-22(3)17-25(35-39-28-15-10-11-16-29(28)41(35)4)20-30(32)42(31)21-23-18-26(37)34(27(38)19-23)45-33(36(43)44-6-2)24-13-8-7-9-14-24/h7-11,13-20,33H,5-6,12,21H2,1-4H3. The number of nitrogens with zero attached hydrogens (tertiary/aromatic N) is 4. The van der Waals surface area contributed by atoms with Gasteiger partial charge in [0.25, 0.3) is 0 Å². The van der Waals surface area contributed by atoms with E-state index in [1.807, 2.05) is 60.7 Å². The number of ether oxygens (including phenoxy) is 2. The third-order valence-electron chi connectivity index (χ3n) is 7.88. The van der Waals surface area contributed by atoms with Gasteiger partial charge in [0.05, 0.1) is 37.6 Å². The highest BCUT2D eigenvalue weighted by atomic mass is 79.9. The molecule has 1 atom stereocenters. The molecule has 0 radical (unpaired) electrons. The molecule has 0 N–H and O–H groups in total. The Bertz CT molecular complexity index is 1990. The van der Waals surface area contributed by atoms with Gasteiger partial charge in [-0.3, -0.25) is 0 Å². The number of carbonyl (C=O) groups excluding carboxylic acids is 1. The van der Waals surface area contributed by atoms with E-state index < -0.39 is 12.1 Å². The molecule has 6 rings (SSSR count). The summed E-state index contributed by atoms with van der Waals surface area (Å²) in [5, 5.41) is 0. The molecule has 0 aliphatic heterocycles. The molecule has 0 saturated heterocycles. The Kier molecular flexibility index (Phi) is 9.10. The second kappa shape index (κ2) is 13.2. The number of esters is 1. The lowest BCUT2D eigenvalue weighted by Crippen LogP contribution is -2.21. The van der Waals surface area contributed by atoms with E-state index in [0.29, 0.717) is 12.3 Å². The van der Waals surface area contributed by atoms with E-state index in [-0.39, 0.29) is 6.61 Å². The molecule has 4 aromatic carbocycles. The van der Waals surface area contributed by atoms with E-state index >= 15 is 0 Å². The van der Waals surface area contributed by atoms with Crippen LogP contribution in [-0.4, -0.2) is 31.7 Å². The molecule has 230 valence electrons. The van der Waals surface area contributed by atoms with Crippen LogP contribution in [-0.2, 0) is 29.5 Å². The summed E-state index contributed by atoms with van der Waals surface area (Å²) in [5.74, 6) is 2.06. The lowest BCUT2D eigenvalue weighted by molar-refractivity contribution is -0.151. The van der Waals surface area contributed by atoms with Crippen LogP contribution in [0.2, 0.25) is 0 Å². The van der Waals surface area contributed by atoms with Gasteiger partial charge in [-0.15, -0.1) is 0 Å². The summed E-state index contributed by atoms with van der Waals surface area (Å²) < 4.78 is 17.6. The smallest absolute Gasteiger partial charge is 0.352 e. The zero-order chi connectivity index (χ0) is 31.7. The van der Waals surface area contributed by atoms with Gasteiger partial charge in [-0.05, 0) is 99.7 Å². The van der Waals surface area contributed by atoms with Gasteiger partial charge < -0.3 is 18.6 Å². The van der Waals surface area contributed by atoms with E-state index in [1.54, 1.807) is 6.92 Å². The summed E-state index contributed by atoms with van der Waals surface area (Å²) in [5.41, 5.74) is 8.08. The van der Waals surface area contributed by atoms with Crippen LogP contribution < -0.4 is 4.74 Å². The Morgan fingerprint density at radius 2 is 1.62 bits per heavy atom. The van der Waals surface area contributed by atoms with Crippen LogP contribution >= 0.6 is 31.9 Å². The Hall–Kier alpha value is -3.95. The fraction of sp³-hybridized carbons (Fsp3) is 0.250. The van der Waals surface area contributed by atoms with Crippen molar-refractivity contribution in [1.29, 1.82) is 0 Å². The number of aryl methyl sites for hydroxylation is 3. The maximum Gasteiger partial charge on any atom is 0.352 e. The van der Waals surface area contributed by atoms with E-state index in [4.69, 9.17) is 19.4 Å². The van der Waals surface area contributed by atoms with Crippen LogP contribution in [0.15, 0.2) is 87.8 Å². The van der Waals surface area contributed by atoms with Crippen LogP contribution in [0.5, 0.6) is 5.75 Å². The van der Waals surface area contributed by atoms with Crippen LogP contribution in [0, 0.1) is 6.92 Å². The zero-order valence-corrected chi connectivity index (χ0v) is 28.9. The molecule has 0 spiro atoms. The lowest BCUT2D eigenvalue weighted by Gasteiger charge is -2.20. The summed E-state index contributed by atoms with van der Waals surface area (Å²) in [4.78, 5) is 23.0. The third-order valence-corrected chi connectivity index (χ3v) is 9.06. The highest BCUT2D eigenvalue weighted by Crippen LogP contribution is 2.39. The van der Waals surface area contributed by atoms with Gasteiger partial charge in [0.2, 0.25) is 6.10 Å². The molecule has 7 nitrogen and oxygen atoms in total. The van der Waals surface area contributed by atoms with Gasteiger partial charge in [-0.2, -0.15) is 0 Å². The fourth-order valence-electron chi connectivity index (χ4n) is 5.78. The summed E-state index contributed by atoms with van der Waals surface area (Å²) in [7, 11) is 2.06. The number of aromatic nitrogens is 4. The van der Waals surface area contributed by atoms with Crippen molar-refractivity contribution >= 4 is 59.9 Å². The van der Waals surface area contributed by atoms with Gasteiger partial charge in [-0.25, -0.2) is 14.8 Å². The minimum atomic E-state index is -0.900. The topological polar surface area (TPSA) is 71.2 Å². The molecule has 0 amide bonds. The minimum Gasteiger partial charge on any atom is -0.472 e. The molecule has 2 aromatic heterocycles. The maximum atomic E-state index is 12.9. The van der Waals surface area contributed by atoms with Crippen molar-refractivity contribution in [2.24, 2.45) is 7.05 Å². The molecule has 1 unspecified atom stereocenters. The van der Waals surface area contributed by atoms with Crippen LogP contribution in [0.1, 0.15) is 48.9 Å². The monoisotopic (exact) mass is 728 g/mol. The van der Waals surface area contributed by atoms with Gasteiger partial charge in [0.15, 0.2) is 0 Å². The molecule has 45 heavy (non-hydrogen) atoms. The Morgan fingerprint density at radius 1 is 0.911 bits per heavy atom. The number of imidazole rings is 2. The summed E-state index contributed by atoms with van der Waals surface area (Å²) >= 11 is 7.45. The molecule has 0 bridgehead atoms. The second-order valence-electron chi connectivity index (χ2n) is 11.1. The number of hydrogen-bond donors (Lipinski definition) is 0. The minimum absolute atomic E-state index is 0.267. The van der Waals surface area contributed by atoms with Crippen molar-refractivity contribution in [3.05, 3.63) is 110 Å². The van der Waals surface area contributed by atoms with Crippen molar-refractivity contribution in [3.63, 3.8) is 0 Å². The van der Waals surface area contributed by atoms with Crippen molar-refractivity contribution in [2.75, 3.05) is 6.61 Å². The first-order valence-corrected chi connectivity index (χ1v) is 16.6. The number of para-hydroxylation sites is 2. The molecule has 0 aliphatic rings. The average Bonchev–Trinajstić information content (AvgIpc) is 3.55. The van der Waals surface area contributed by atoms with E-state index in [2.05, 4.69) is 80.1 Å². The van der Waals surface area contributed by atoms with Crippen LogP contribution in [0.25, 0.3) is 33.5 Å². The molecule has 6 aromatic rings. The number of halogens is 2. The van der Waals surface area contributed by atoms with Gasteiger partial charge in [-0.1, -0.05) is 49.4 Å². The molecule has 0 fully saturated rings. The summed E-state index contributed by atoms with van der Waals surface area (Å²) in [6.07, 6.45) is 0.939. The number of benzene rings is 4. The van der Waals surface area contributed by atoms with E-state index in [9.17, 15) is 4.79 Å². The predicted molar refractivity (Wildman–Crippen MR) is 186 cm³/mol. The lowest BCUT2D eigenvalue weighted by atomic mass is 10.1. The van der Waals surface area contributed by atoms with Crippen molar-refractivity contribution < 1.29 is 14.3 Å². The van der Waals surface area contributed by atoms with Crippen LogP contribution in [0.4, 0.5) is 0 Å². The zero-order valence-electron chi connectivity index (χ0n) is 25.7. The molecular weight excluding hydrogens is 696 g/mol. The predicted octanol–water partition coefficient (Wildman–Crippen LogP) is 9.11. The number of rotatable bonds is 10. The number of carbonyl (C=O) groups is 1. The van der Waals surface area contributed by atoms with E-state index in [0.717, 1.165) is 77.8 Å².